The van der Waals surface area contributed by atoms with E-state index in [1.165, 1.54) is 37.1 Å². The van der Waals surface area contributed by atoms with Crippen molar-refractivity contribution in [1.29, 1.82) is 0 Å². The standard InChI is InChI=1S/C14H17N3O6/c1-9(14(21)16(2)7-6-12(18)19)15-13(20)10-4-3-5-11(8-10)17(22)23/h3-5,8-9H,6-7H2,1-2H3,(H,15,20)(H,18,19). The van der Waals surface area contributed by atoms with Crippen LogP contribution in [0.1, 0.15) is 23.7 Å². The average molecular weight is 323 g/mol. The summed E-state index contributed by atoms with van der Waals surface area (Å²) in [7, 11) is 1.43. The molecule has 1 rings (SSSR count). The Balaban J connectivity index is 2.69. The maximum Gasteiger partial charge on any atom is 0.305 e. The minimum absolute atomic E-state index is 0.0190. The zero-order chi connectivity index (χ0) is 17.6. The van der Waals surface area contributed by atoms with Gasteiger partial charge in [0.25, 0.3) is 11.6 Å². The normalized spacial score (nSPS) is 11.4. The Morgan fingerprint density at radius 1 is 1.39 bits per heavy atom. The number of rotatable bonds is 7. The number of nitro benzene ring substituents is 1. The molecular formula is C14H17N3O6. The van der Waals surface area contributed by atoms with Gasteiger partial charge < -0.3 is 15.3 Å². The molecule has 0 radical (unpaired) electrons. The third-order valence-corrected chi connectivity index (χ3v) is 3.07. The van der Waals surface area contributed by atoms with Crippen molar-refractivity contribution in [3.63, 3.8) is 0 Å². The predicted octanol–water partition coefficient (Wildman–Crippen LogP) is 0.646. The molecule has 0 saturated carbocycles. The maximum absolute atomic E-state index is 12.0. The monoisotopic (exact) mass is 323 g/mol. The van der Waals surface area contributed by atoms with Crippen LogP contribution >= 0.6 is 0 Å². The summed E-state index contributed by atoms with van der Waals surface area (Å²) < 4.78 is 0. The van der Waals surface area contributed by atoms with Crippen LogP contribution < -0.4 is 5.32 Å². The number of amides is 2. The average Bonchev–Trinajstić information content (AvgIpc) is 2.51. The number of carbonyl (C=O) groups is 3. The summed E-state index contributed by atoms with van der Waals surface area (Å²) in [5.74, 6) is -2.11. The number of aliphatic carboxylic acids is 1. The first-order valence-corrected chi connectivity index (χ1v) is 6.74. The highest BCUT2D eigenvalue weighted by molar-refractivity contribution is 5.97. The number of likely N-dealkylation sites (N-methyl/N-ethyl adjacent to an activating group) is 1. The second kappa shape index (κ2) is 7.87. The Morgan fingerprint density at radius 3 is 2.61 bits per heavy atom. The molecule has 124 valence electrons. The van der Waals surface area contributed by atoms with Crippen LogP contribution in [0.25, 0.3) is 0 Å². The van der Waals surface area contributed by atoms with Crippen LogP contribution in [0.15, 0.2) is 24.3 Å². The largest absolute Gasteiger partial charge is 0.481 e. The molecule has 0 fully saturated rings. The lowest BCUT2D eigenvalue weighted by atomic mass is 10.1. The van der Waals surface area contributed by atoms with E-state index in [1.54, 1.807) is 0 Å². The number of nitrogens with zero attached hydrogens (tertiary/aromatic N) is 2. The third kappa shape index (κ3) is 5.38. The van der Waals surface area contributed by atoms with Gasteiger partial charge in [-0.1, -0.05) is 6.07 Å². The highest BCUT2D eigenvalue weighted by Crippen LogP contribution is 2.13. The summed E-state index contributed by atoms with van der Waals surface area (Å²) in [6.07, 6.45) is -0.201. The van der Waals surface area contributed by atoms with Crippen molar-refractivity contribution in [3.8, 4) is 0 Å². The van der Waals surface area contributed by atoms with Gasteiger partial charge in [-0.3, -0.25) is 24.5 Å². The van der Waals surface area contributed by atoms with E-state index in [0.29, 0.717) is 0 Å². The summed E-state index contributed by atoms with van der Waals surface area (Å²) in [5, 5.41) is 21.7. The molecule has 9 heteroatoms. The number of carboxylic acid groups (broad SMARTS) is 1. The van der Waals surface area contributed by atoms with Crippen LogP contribution in [0.4, 0.5) is 5.69 Å². The lowest BCUT2D eigenvalue weighted by Crippen LogP contribution is -2.46. The van der Waals surface area contributed by atoms with Crippen molar-refractivity contribution >= 4 is 23.5 Å². The first-order chi connectivity index (χ1) is 10.7. The smallest absolute Gasteiger partial charge is 0.305 e. The lowest BCUT2D eigenvalue weighted by Gasteiger charge is -2.21. The van der Waals surface area contributed by atoms with Gasteiger partial charge in [0, 0.05) is 31.3 Å². The SMILES string of the molecule is CC(NC(=O)c1cccc([N+](=O)[O-])c1)C(=O)N(C)CCC(=O)O. The lowest BCUT2D eigenvalue weighted by molar-refractivity contribution is -0.384. The van der Waals surface area contributed by atoms with Crippen LogP contribution in [0.5, 0.6) is 0 Å². The molecule has 0 heterocycles. The summed E-state index contributed by atoms with van der Waals surface area (Å²) in [6, 6.07) is 4.25. The van der Waals surface area contributed by atoms with E-state index in [1.807, 2.05) is 0 Å². The fourth-order valence-corrected chi connectivity index (χ4v) is 1.81. The number of hydrogen-bond donors (Lipinski definition) is 2. The zero-order valence-corrected chi connectivity index (χ0v) is 12.7. The fraction of sp³-hybridized carbons (Fsp3) is 0.357. The number of benzene rings is 1. The Kier molecular flexibility index (Phi) is 6.19. The van der Waals surface area contributed by atoms with Gasteiger partial charge in [0.1, 0.15) is 6.04 Å². The van der Waals surface area contributed by atoms with E-state index >= 15 is 0 Å². The van der Waals surface area contributed by atoms with E-state index in [4.69, 9.17) is 5.11 Å². The molecule has 0 spiro atoms. The molecule has 1 atom stereocenters. The molecule has 1 aromatic rings. The van der Waals surface area contributed by atoms with Gasteiger partial charge in [0.2, 0.25) is 5.91 Å². The van der Waals surface area contributed by atoms with E-state index in [0.717, 1.165) is 6.07 Å². The van der Waals surface area contributed by atoms with Crippen molar-refractivity contribution in [2.45, 2.75) is 19.4 Å². The van der Waals surface area contributed by atoms with Crippen molar-refractivity contribution in [2.75, 3.05) is 13.6 Å². The van der Waals surface area contributed by atoms with Crippen LogP contribution in [0.3, 0.4) is 0 Å². The minimum Gasteiger partial charge on any atom is -0.481 e. The van der Waals surface area contributed by atoms with Crippen LogP contribution in [0.2, 0.25) is 0 Å². The first-order valence-electron chi connectivity index (χ1n) is 6.74. The summed E-state index contributed by atoms with van der Waals surface area (Å²) in [5.41, 5.74) is -0.165. The molecule has 2 N–H and O–H groups in total. The number of carbonyl (C=O) groups excluding carboxylic acids is 2. The van der Waals surface area contributed by atoms with Crippen LogP contribution in [-0.2, 0) is 9.59 Å². The Hall–Kier alpha value is -2.97. The molecule has 0 saturated heterocycles. The van der Waals surface area contributed by atoms with Gasteiger partial charge in [-0.25, -0.2) is 0 Å². The molecule has 2 amide bonds. The van der Waals surface area contributed by atoms with Gasteiger partial charge in [-0.15, -0.1) is 0 Å². The summed E-state index contributed by atoms with van der Waals surface area (Å²) in [4.78, 5) is 45.8. The highest BCUT2D eigenvalue weighted by Gasteiger charge is 2.21. The molecule has 0 aliphatic carbocycles. The van der Waals surface area contributed by atoms with Crippen molar-refractivity contribution < 1.29 is 24.4 Å². The second-order valence-electron chi connectivity index (χ2n) is 4.91. The topological polar surface area (TPSA) is 130 Å². The molecule has 0 aliphatic heterocycles. The molecule has 9 nitrogen and oxygen atoms in total. The Bertz CT molecular complexity index is 631. The molecule has 1 aromatic carbocycles. The van der Waals surface area contributed by atoms with E-state index in [9.17, 15) is 24.5 Å². The molecule has 23 heavy (non-hydrogen) atoms. The van der Waals surface area contributed by atoms with Crippen molar-refractivity contribution in [2.24, 2.45) is 0 Å². The van der Waals surface area contributed by atoms with E-state index < -0.39 is 28.7 Å². The molecule has 0 bridgehead atoms. The number of nitrogens with one attached hydrogen (secondary N) is 1. The van der Waals surface area contributed by atoms with Gasteiger partial charge in [0.15, 0.2) is 0 Å². The van der Waals surface area contributed by atoms with Crippen LogP contribution in [0, 0.1) is 10.1 Å². The van der Waals surface area contributed by atoms with Gasteiger partial charge in [-0.2, -0.15) is 0 Å². The van der Waals surface area contributed by atoms with Crippen molar-refractivity contribution in [3.05, 3.63) is 39.9 Å². The van der Waals surface area contributed by atoms with E-state index in [2.05, 4.69) is 5.32 Å². The molecule has 0 aromatic heterocycles. The van der Waals surface area contributed by atoms with Gasteiger partial charge >= 0.3 is 5.97 Å². The Labute approximate surface area is 132 Å². The van der Waals surface area contributed by atoms with E-state index in [-0.39, 0.29) is 24.2 Å². The van der Waals surface area contributed by atoms with Crippen LogP contribution in [-0.4, -0.2) is 52.3 Å². The molecular weight excluding hydrogens is 306 g/mol. The zero-order valence-electron chi connectivity index (χ0n) is 12.7. The number of carboxylic acids is 1. The third-order valence-electron chi connectivity index (χ3n) is 3.07. The summed E-state index contributed by atoms with van der Waals surface area (Å²) >= 11 is 0. The Morgan fingerprint density at radius 2 is 2.04 bits per heavy atom. The number of nitro groups is 1. The maximum atomic E-state index is 12.0. The first kappa shape index (κ1) is 18.1. The van der Waals surface area contributed by atoms with Crippen molar-refractivity contribution in [1.82, 2.24) is 10.2 Å². The van der Waals surface area contributed by atoms with Gasteiger partial charge in [-0.05, 0) is 13.0 Å². The molecule has 1 unspecified atom stereocenters. The number of non-ortho nitro benzene ring substituents is 1. The summed E-state index contributed by atoms with van der Waals surface area (Å²) in [6.45, 7) is 1.47. The predicted molar refractivity (Wildman–Crippen MR) is 79.9 cm³/mol. The van der Waals surface area contributed by atoms with Gasteiger partial charge in [0.05, 0.1) is 11.3 Å². The fourth-order valence-electron chi connectivity index (χ4n) is 1.81. The quantitative estimate of drug-likeness (QED) is 0.559. The highest BCUT2D eigenvalue weighted by atomic mass is 16.6. The molecule has 0 aliphatic rings. The second-order valence-corrected chi connectivity index (χ2v) is 4.91. The number of hydrogen-bond acceptors (Lipinski definition) is 5. The minimum atomic E-state index is -1.03.